The van der Waals surface area contributed by atoms with Crippen LogP contribution in [0.15, 0.2) is 79.0 Å². The van der Waals surface area contributed by atoms with E-state index < -0.39 is 0 Å². The Balaban J connectivity index is 2.37. The molecular weight excluding hydrogens is 302 g/mol. The zero-order valence-electron chi connectivity index (χ0n) is 15.8. The molecule has 0 bridgehead atoms. The van der Waals surface area contributed by atoms with Gasteiger partial charge in [0, 0.05) is 7.05 Å². The zero-order chi connectivity index (χ0) is 18.2. The highest BCUT2D eigenvalue weighted by atomic mass is 14.8. The van der Waals surface area contributed by atoms with Crippen LogP contribution >= 0.6 is 0 Å². The molecule has 1 N–H and O–H groups in total. The third-order valence-corrected chi connectivity index (χ3v) is 4.16. The van der Waals surface area contributed by atoms with Crippen molar-refractivity contribution in [3.63, 3.8) is 0 Å². The fourth-order valence-corrected chi connectivity index (χ4v) is 2.92. The molecule has 0 saturated heterocycles. The smallest absolute Gasteiger partial charge is 0.00277 e. The first-order valence-corrected chi connectivity index (χ1v) is 8.91. The molecule has 0 unspecified atom stereocenters. The zero-order valence-corrected chi connectivity index (χ0v) is 15.8. The van der Waals surface area contributed by atoms with E-state index in [-0.39, 0.29) is 0 Å². The minimum absolute atomic E-state index is 0.609. The third-order valence-electron chi connectivity index (χ3n) is 4.16. The van der Waals surface area contributed by atoms with Gasteiger partial charge >= 0.3 is 0 Å². The highest BCUT2D eigenvalue weighted by molar-refractivity contribution is 5.79. The standard InChI is InChI=1S/C24H29N/c1-18(2)15-21(13-14-25-5)16-20(4)24-17-23(12-11-19(24)3)22-9-7-6-8-10-22/h6-14,16-18,25H,4,15H2,1-3,5H3/b14-13-,21-16+. The molecule has 0 spiro atoms. The van der Waals surface area contributed by atoms with Gasteiger partial charge in [0.25, 0.3) is 0 Å². The first-order valence-electron chi connectivity index (χ1n) is 8.91. The second kappa shape index (κ2) is 9.08. The summed E-state index contributed by atoms with van der Waals surface area (Å²) in [4.78, 5) is 0. The molecule has 0 heterocycles. The van der Waals surface area contributed by atoms with E-state index in [4.69, 9.17) is 0 Å². The molecule has 130 valence electrons. The second-order valence-corrected chi connectivity index (χ2v) is 6.86. The van der Waals surface area contributed by atoms with Crippen LogP contribution in [0.4, 0.5) is 0 Å². The Bertz CT molecular complexity index is 764. The van der Waals surface area contributed by atoms with Crippen molar-refractivity contribution in [1.29, 1.82) is 0 Å². The monoisotopic (exact) mass is 331 g/mol. The number of nitrogens with one attached hydrogen (secondary N) is 1. The van der Waals surface area contributed by atoms with Gasteiger partial charge in [0.05, 0.1) is 0 Å². The average Bonchev–Trinajstić information content (AvgIpc) is 2.60. The quantitative estimate of drug-likeness (QED) is 0.580. The first kappa shape index (κ1) is 18.8. The van der Waals surface area contributed by atoms with E-state index in [0.717, 1.165) is 12.0 Å². The lowest BCUT2D eigenvalue weighted by Crippen LogP contribution is -1.95. The van der Waals surface area contributed by atoms with Crippen LogP contribution < -0.4 is 5.32 Å². The van der Waals surface area contributed by atoms with Gasteiger partial charge in [0.2, 0.25) is 0 Å². The Morgan fingerprint density at radius 3 is 2.44 bits per heavy atom. The first-order chi connectivity index (χ1) is 12.0. The Hall–Kier alpha value is -2.54. The summed E-state index contributed by atoms with van der Waals surface area (Å²) in [7, 11) is 1.92. The fourth-order valence-electron chi connectivity index (χ4n) is 2.92. The number of aryl methyl sites for hydroxylation is 1. The molecule has 0 aliphatic carbocycles. The van der Waals surface area contributed by atoms with Gasteiger partial charge in [0.15, 0.2) is 0 Å². The van der Waals surface area contributed by atoms with Gasteiger partial charge in [-0.2, -0.15) is 0 Å². The van der Waals surface area contributed by atoms with E-state index in [1.54, 1.807) is 0 Å². The largest absolute Gasteiger partial charge is 0.394 e. The molecule has 1 nitrogen and oxygen atoms in total. The van der Waals surface area contributed by atoms with Crippen molar-refractivity contribution in [3.8, 4) is 11.1 Å². The predicted octanol–water partition coefficient (Wildman–Crippen LogP) is 6.38. The summed E-state index contributed by atoms with van der Waals surface area (Å²) in [6, 6.07) is 17.1. The molecule has 0 aliphatic rings. The second-order valence-electron chi connectivity index (χ2n) is 6.86. The molecule has 1 heteroatoms. The van der Waals surface area contributed by atoms with Gasteiger partial charge in [-0.05, 0) is 71.0 Å². The van der Waals surface area contributed by atoms with Crippen LogP contribution in [-0.2, 0) is 0 Å². The number of hydrogen-bond acceptors (Lipinski definition) is 1. The molecule has 0 radical (unpaired) electrons. The van der Waals surface area contributed by atoms with Crippen LogP contribution in [-0.4, -0.2) is 7.05 Å². The lowest BCUT2D eigenvalue weighted by atomic mass is 9.93. The molecule has 25 heavy (non-hydrogen) atoms. The molecule has 0 amide bonds. The number of hydrogen-bond donors (Lipinski definition) is 1. The van der Waals surface area contributed by atoms with Crippen LogP contribution in [0.25, 0.3) is 16.7 Å². The molecule has 0 atom stereocenters. The van der Waals surface area contributed by atoms with Gasteiger partial charge in [-0.1, -0.05) is 69.0 Å². The van der Waals surface area contributed by atoms with Crippen molar-refractivity contribution in [2.75, 3.05) is 7.05 Å². The minimum Gasteiger partial charge on any atom is -0.394 e. The Morgan fingerprint density at radius 1 is 1.08 bits per heavy atom. The minimum atomic E-state index is 0.609. The van der Waals surface area contributed by atoms with E-state index in [9.17, 15) is 0 Å². The van der Waals surface area contributed by atoms with E-state index in [1.165, 1.54) is 27.8 Å². The summed E-state index contributed by atoms with van der Waals surface area (Å²) in [5.74, 6) is 0.609. The summed E-state index contributed by atoms with van der Waals surface area (Å²) < 4.78 is 0. The summed E-state index contributed by atoms with van der Waals surface area (Å²) >= 11 is 0. The van der Waals surface area contributed by atoms with Crippen molar-refractivity contribution >= 4 is 5.57 Å². The molecule has 0 aliphatic heterocycles. The topological polar surface area (TPSA) is 12.0 Å². The Morgan fingerprint density at radius 2 is 1.80 bits per heavy atom. The van der Waals surface area contributed by atoms with Crippen molar-refractivity contribution < 1.29 is 0 Å². The maximum absolute atomic E-state index is 4.35. The van der Waals surface area contributed by atoms with Gasteiger partial charge in [-0.3, -0.25) is 0 Å². The third kappa shape index (κ3) is 5.49. The fraction of sp³-hybridized carbons (Fsp3) is 0.250. The van der Waals surface area contributed by atoms with Gasteiger partial charge in [-0.15, -0.1) is 0 Å². The predicted molar refractivity (Wildman–Crippen MR) is 111 cm³/mol. The lowest BCUT2D eigenvalue weighted by Gasteiger charge is -2.12. The van der Waals surface area contributed by atoms with Crippen LogP contribution in [0.1, 0.15) is 31.4 Å². The summed E-state index contributed by atoms with van der Waals surface area (Å²) in [5, 5.41) is 3.08. The van der Waals surface area contributed by atoms with E-state index >= 15 is 0 Å². The summed E-state index contributed by atoms with van der Waals surface area (Å²) in [6.45, 7) is 11.0. The molecule has 0 aromatic heterocycles. The molecule has 2 rings (SSSR count). The van der Waals surface area contributed by atoms with Crippen molar-refractivity contribution in [2.45, 2.75) is 27.2 Å². The molecule has 0 fully saturated rings. The lowest BCUT2D eigenvalue weighted by molar-refractivity contribution is 0.650. The highest BCUT2D eigenvalue weighted by Crippen LogP contribution is 2.28. The molecule has 2 aromatic carbocycles. The van der Waals surface area contributed by atoms with E-state index in [2.05, 4.69) is 87.3 Å². The van der Waals surface area contributed by atoms with Gasteiger partial charge in [-0.25, -0.2) is 0 Å². The number of benzene rings is 2. The molecule has 2 aromatic rings. The number of rotatable bonds is 7. The normalized spacial score (nSPS) is 12.0. The van der Waals surface area contributed by atoms with Crippen LogP contribution in [0.3, 0.4) is 0 Å². The van der Waals surface area contributed by atoms with Crippen LogP contribution in [0, 0.1) is 12.8 Å². The average molecular weight is 332 g/mol. The van der Waals surface area contributed by atoms with Crippen LogP contribution in [0.2, 0.25) is 0 Å². The highest BCUT2D eigenvalue weighted by Gasteiger charge is 2.06. The SMILES string of the molecule is C=C(/C=C(\C=C/NC)CC(C)C)c1cc(-c2ccccc2)ccc1C. The van der Waals surface area contributed by atoms with Gasteiger partial charge in [0.1, 0.15) is 0 Å². The maximum atomic E-state index is 4.35. The molecular formula is C24H29N. The van der Waals surface area contributed by atoms with Crippen molar-refractivity contribution in [2.24, 2.45) is 5.92 Å². The van der Waals surface area contributed by atoms with Crippen LogP contribution in [0.5, 0.6) is 0 Å². The number of allylic oxidation sites excluding steroid dienone is 4. The maximum Gasteiger partial charge on any atom is 0.00277 e. The summed E-state index contributed by atoms with van der Waals surface area (Å²) in [6.07, 6.45) is 7.37. The Kier molecular flexibility index (Phi) is 6.82. The van der Waals surface area contributed by atoms with Gasteiger partial charge < -0.3 is 5.32 Å². The molecule has 0 saturated carbocycles. The van der Waals surface area contributed by atoms with Crippen molar-refractivity contribution in [1.82, 2.24) is 5.32 Å². The van der Waals surface area contributed by atoms with E-state index in [1.807, 2.05) is 19.3 Å². The Labute approximate surface area is 152 Å². The van der Waals surface area contributed by atoms with E-state index in [0.29, 0.717) is 5.92 Å². The summed E-state index contributed by atoms with van der Waals surface area (Å²) in [5.41, 5.74) is 7.28. The van der Waals surface area contributed by atoms with Crippen molar-refractivity contribution in [3.05, 3.63) is 90.2 Å².